The van der Waals surface area contributed by atoms with Crippen molar-refractivity contribution in [3.63, 3.8) is 0 Å². The van der Waals surface area contributed by atoms with E-state index in [1.165, 1.54) is 12.8 Å². The van der Waals surface area contributed by atoms with E-state index in [0.29, 0.717) is 5.92 Å². The molecule has 2 rings (SSSR count). The van der Waals surface area contributed by atoms with Crippen molar-refractivity contribution in [3.8, 4) is 5.69 Å². The lowest BCUT2D eigenvalue weighted by atomic mass is 10.0. The van der Waals surface area contributed by atoms with E-state index in [9.17, 15) is 0 Å². The molecule has 3 nitrogen and oxygen atoms in total. The van der Waals surface area contributed by atoms with Crippen LogP contribution in [0.4, 0.5) is 5.69 Å². The molecular formula is C15H20ClN3. The monoisotopic (exact) mass is 277 g/mol. The maximum atomic E-state index is 6.32. The van der Waals surface area contributed by atoms with Gasteiger partial charge >= 0.3 is 0 Å². The molecule has 0 atom stereocenters. The van der Waals surface area contributed by atoms with Crippen molar-refractivity contribution in [2.75, 3.05) is 11.9 Å². The third-order valence-corrected chi connectivity index (χ3v) is 3.79. The molecule has 0 aliphatic carbocycles. The Bertz CT molecular complexity index is 504. The molecule has 1 heterocycles. The van der Waals surface area contributed by atoms with Crippen LogP contribution in [0.3, 0.4) is 0 Å². The Morgan fingerprint density at radius 1 is 1.32 bits per heavy atom. The summed E-state index contributed by atoms with van der Waals surface area (Å²) in [6.45, 7) is 5.42. The van der Waals surface area contributed by atoms with Crippen LogP contribution in [-0.4, -0.2) is 16.1 Å². The molecule has 0 aliphatic rings. The standard InChI is InChI=1S/C15H20ClN3/c1-3-12(4-2)10-18-14-7-5-6-13(16)15(14)19-9-8-17-11-19/h5-9,11-12,18H,3-4,10H2,1-2H3. The molecule has 1 aromatic carbocycles. The molecule has 0 spiro atoms. The average Bonchev–Trinajstić information content (AvgIpc) is 2.93. The highest BCUT2D eigenvalue weighted by Gasteiger charge is 2.10. The predicted molar refractivity (Wildman–Crippen MR) is 81.1 cm³/mol. The molecule has 0 amide bonds. The second kappa shape index (κ2) is 6.62. The number of imidazole rings is 1. The van der Waals surface area contributed by atoms with Gasteiger partial charge in [0.2, 0.25) is 0 Å². The number of hydrogen-bond donors (Lipinski definition) is 1. The number of para-hydroxylation sites is 1. The van der Waals surface area contributed by atoms with E-state index in [2.05, 4.69) is 30.2 Å². The minimum absolute atomic E-state index is 0.689. The fourth-order valence-corrected chi connectivity index (χ4v) is 2.42. The Hall–Kier alpha value is -1.48. The topological polar surface area (TPSA) is 29.9 Å². The van der Waals surface area contributed by atoms with E-state index < -0.39 is 0 Å². The zero-order valence-corrected chi connectivity index (χ0v) is 12.2. The van der Waals surface area contributed by atoms with Crippen LogP contribution in [0.1, 0.15) is 26.7 Å². The van der Waals surface area contributed by atoms with Crippen LogP contribution < -0.4 is 5.32 Å². The molecule has 4 heteroatoms. The zero-order valence-electron chi connectivity index (χ0n) is 11.4. The Morgan fingerprint density at radius 3 is 2.74 bits per heavy atom. The Kier molecular flexibility index (Phi) is 4.86. The van der Waals surface area contributed by atoms with E-state index in [0.717, 1.165) is 22.9 Å². The maximum Gasteiger partial charge on any atom is 0.0992 e. The largest absolute Gasteiger partial charge is 0.383 e. The Morgan fingerprint density at radius 2 is 2.11 bits per heavy atom. The van der Waals surface area contributed by atoms with Gasteiger partial charge in [0.05, 0.1) is 22.7 Å². The Balaban J connectivity index is 2.23. The van der Waals surface area contributed by atoms with E-state index >= 15 is 0 Å². The molecule has 1 aromatic heterocycles. The van der Waals surface area contributed by atoms with Crippen LogP contribution in [0, 0.1) is 5.92 Å². The van der Waals surface area contributed by atoms with E-state index in [1.54, 1.807) is 12.5 Å². The van der Waals surface area contributed by atoms with Gasteiger partial charge < -0.3 is 9.88 Å². The van der Waals surface area contributed by atoms with E-state index in [4.69, 9.17) is 11.6 Å². The van der Waals surface area contributed by atoms with Crippen molar-refractivity contribution in [3.05, 3.63) is 41.9 Å². The molecule has 0 saturated heterocycles. The van der Waals surface area contributed by atoms with Gasteiger partial charge in [-0.05, 0) is 18.1 Å². The van der Waals surface area contributed by atoms with Crippen molar-refractivity contribution in [1.29, 1.82) is 0 Å². The average molecular weight is 278 g/mol. The number of nitrogens with zero attached hydrogens (tertiary/aromatic N) is 2. The lowest BCUT2D eigenvalue weighted by Gasteiger charge is -2.18. The van der Waals surface area contributed by atoms with Crippen LogP contribution in [0.2, 0.25) is 5.02 Å². The second-order valence-corrected chi connectivity index (χ2v) is 5.08. The van der Waals surface area contributed by atoms with Crippen molar-refractivity contribution in [2.45, 2.75) is 26.7 Å². The highest BCUT2D eigenvalue weighted by atomic mass is 35.5. The molecule has 0 saturated carbocycles. The second-order valence-electron chi connectivity index (χ2n) is 4.67. The summed E-state index contributed by atoms with van der Waals surface area (Å²) in [5.41, 5.74) is 2.02. The van der Waals surface area contributed by atoms with Crippen LogP contribution >= 0.6 is 11.6 Å². The molecule has 19 heavy (non-hydrogen) atoms. The van der Waals surface area contributed by atoms with Crippen LogP contribution in [0.15, 0.2) is 36.9 Å². The summed E-state index contributed by atoms with van der Waals surface area (Å²) in [7, 11) is 0. The lowest BCUT2D eigenvalue weighted by Crippen LogP contribution is -2.14. The number of aromatic nitrogens is 2. The van der Waals surface area contributed by atoms with E-state index in [-0.39, 0.29) is 0 Å². The van der Waals surface area contributed by atoms with Gasteiger partial charge in [-0.25, -0.2) is 4.98 Å². The predicted octanol–water partition coefficient (Wildman–Crippen LogP) is 4.37. The summed E-state index contributed by atoms with van der Waals surface area (Å²) in [6.07, 6.45) is 7.80. The number of halogens is 1. The molecule has 0 radical (unpaired) electrons. The van der Waals surface area contributed by atoms with Gasteiger partial charge in [0.1, 0.15) is 0 Å². The third-order valence-electron chi connectivity index (χ3n) is 3.49. The Labute approximate surface area is 119 Å². The summed E-state index contributed by atoms with van der Waals surface area (Å²) in [5, 5.41) is 4.24. The number of nitrogens with one attached hydrogen (secondary N) is 1. The molecule has 1 N–H and O–H groups in total. The van der Waals surface area contributed by atoms with Gasteiger partial charge in [-0.1, -0.05) is 44.4 Å². The summed E-state index contributed by atoms with van der Waals surface area (Å²) in [5.74, 6) is 0.689. The minimum atomic E-state index is 0.689. The van der Waals surface area contributed by atoms with Gasteiger partial charge in [-0.2, -0.15) is 0 Å². The summed E-state index contributed by atoms with van der Waals surface area (Å²) in [4.78, 5) is 4.08. The molecule has 0 bridgehead atoms. The van der Waals surface area contributed by atoms with Gasteiger partial charge in [0.15, 0.2) is 0 Å². The first-order chi connectivity index (χ1) is 9.26. The lowest BCUT2D eigenvalue weighted by molar-refractivity contribution is 0.519. The fraction of sp³-hybridized carbons (Fsp3) is 0.400. The first kappa shape index (κ1) is 13.9. The fourth-order valence-electron chi connectivity index (χ4n) is 2.14. The summed E-state index contributed by atoms with van der Waals surface area (Å²) in [6, 6.07) is 5.93. The number of benzene rings is 1. The molecule has 2 aromatic rings. The van der Waals surface area contributed by atoms with Crippen LogP contribution in [-0.2, 0) is 0 Å². The highest BCUT2D eigenvalue weighted by Crippen LogP contribution is 2.28. The van der Waals surface area contributed by atoms with Gasteiger partial charge in [-0.15, -0.1) is 0 Å². The number of hydrogen-bond acceptors (Lipinski definition) is 2. The van der Waals surface area contributed by atoms with Crippen molar-refractivity contribution in [2.24, 2.45) is 5.92 Å². The number of rotatable bonds is 6. The van der Waals surface area contributed by atoms with E-state index in [1.807, 2.05) is 22.9 Å². The van der Waals surface area contributed by atoms with Gasteiger partial charge in [-0.3, -0.25) is 0 Å². The molecule has 0 unspecified atom stereocenters. The van der Waals surface area contributed by atoms with Crippen LogP contribution in [0.25, 0.3) is 5.69 Å². The first-order valence-electron chi connectivity index (χ1n) is 6.77. The molecular weight excluding hydrogens is 258 g/mol. The van der Waals surface area contributed by atoms with Crippen molar-refractivity contribution < 1.29 is 0 Å². The molecule has 0 fully saturated rings. The first-order valence-corrected chi connectivity index (χ1v) is 7.14. The van der Waals surface area contributed by atoms with Crippen molar-refractivity contribution in [1.82, 2.24) is 9.55 Å². The normalized spacial score (nSPS) is 10.9. The van der Waals surface area contributed by atoms with Gasteiger partial charge in [0.25, 0.3) is 0 Å². The quantitative estimate of drug-likeness (QED) is 0.849. The summed E-state index contributed by atoms with van der Waals surface area (Å²) >= 11 is 6.32. The van der Waals surface area contributed by atoms with Crippen molar-refractivity contribution >= 4 is 17.3 Å². The SMILES string of the molecule is CCC(CC)CNc1cccc(Cl)c1-n1ccnc1. The maximum absolute atomic E-state index is 6.32. The minimum Gasteiger partial charge on any atom is -0.383 e. The smallest absolute Gasteiger partial charge is 0.0992 e. The molecule has 102 valence electrons. The highest BCUT2D eigenvalue weighted by molar-refractivity contribution is 6.33. The van der Waals surface area contributed by atoms with Crippen LogP contribution in [0.5, 0.6) is 0 Å². The number of anilines is 1. The molecule has 0 aliphatic heterocycles. The zero-order chi connectivity index (χ0) is 13.7. The van der Waals surface area contributed by atoms with Gasteiger partial charge in [0, 0.05) is 18.9 Å². The third kappa shape index (κ3) is 3.29. The summed E-state index contributed by atoms with van der Waals surface area (Å²) < 4.78 is 1.94.